The summed E-state index contributed by atoms with van der Waals surface area (Å²) < 4.78 is 0. The predicted molar refractivity (Wildman–Crippen MR) is 247 cm³/mol. The van der Waals surface area contributed by atoms with Crippen molar-refractivity contribution in [2.75, 3.05) is 18.6 Å². The van der Waals surface area contributed by atoms with E-state index in [1.165, 1.54) is 25.6 Å². The van der Waals surface area contributed by atoms with Crippen molar-refractivity contribution in [2.24, 2.45) is 29.0 Å². The molecule has 23 nitrogen and oxygen atoms in total. The summed E-state index contributed by atoms with van der Waals surface area (Å²) in [6.45, 7) is 8.62. The number of amides is 11. The van der Waals surface area contributed by atoms with E-state index in [-0.39, 0.29) is 38.0 Å². The van der Waals surface area contributed by atoms with Crippen LogP contribution in [0.25, 0.3) is 0 Å². The first-order valence-corrected chi connectivity index (χ1v) is 23.2. The molecular weight excluding hydrogens is 895 g/mol. The van der Waals surface area contributed by atoms with Crippen LogP contribution in [0, 0.1) is 11.8 Å². The third-order valence-electron chi connectivity index (χ3n) is 10.2. The number of aliphatic hydroxyl groups is 1. The van der Waals surface area contributed by atoms with E-state index in [4.69, 9.17) is 17.2 Å². The van der Waals surface area contributed by atoms with Gasteiger partial charge in [-0.1, -0.05) is 64.4 Å². The lowest BCUT2D eigenvalue weighted by molar-refractivity contribution is -0.137. The molecule has 0 aliphatic heterocycles. The van der Waals surface area contributed by atoms with Gasteiger partial charge in [0, 0.05) is 19.8 Å². The summed E-state index contributed by atoms with van der Waals surface area (Å²) in [5.74, 6) is -9.65. The lowest BCUT2D eigenvalue weighted by Gasteiger charge is -2.28. The second kappa shape index (κ2) is 30.1. The van der Waals surface area contributed by atoms with E-state index in [2.05, 4.69) is 42.5 Å². The molecule has 0 fully saturated rings. The molecule has 0 heterocycles. The molecular formula is C43H69N11O12S. The van der Waals surface area contributed by atoms with Crippen molar-refractivity contribution >= 4 is 76.7 Å². The summed E-state index contributed by atoms with van der Waals surface area (Å²) in [4.78, 5) is 142. The second-order valence-corrected chi connectivity index (χ2v) is 17.5. The number of nitrogens with two attached hydrogens (primary N) is 3. The van der Waals surface area contributed by atoms with Gasteiger partial charge in [-0.05, 0) is 55.6 Å². The zero-order valence-corrected chi connectivity index (χ0v) is 39.9. The third kappa shape index (κ3) is 22.6. The normalized spacial score (nSPS) is 15.0. The predicted octanol–water partition coefficient (Wildman–Crippen LogP) is -3.39. The molecule has 0 unspecified atom stereocenters. The van der Waals surface area contributed by atoms with Crippen molar-refractivity contribution in [3.8, 4) is 0 Å². The number of hydrogen-bond acceptors (Lipinski definition) is 13. The fourth-order valence-corrected chi connectivity index (χ4v) is 6.91. The van der Waals surface area contributed by atoms with Gasteiger partial charge in [0.05, 0.1) is 19.1 Å². The highest BCUT2D eigenvalue weighted by atomic mass is 32.2. The van der Waals surface area contributed by atoms with E-state index in [9.17, 15) is 57.8 Å². The molecule has 11 amide bonds. The van der Waals surface area contributed by atoms with Gasteiger partial charge < -0.3 is 64.8 Å². The van der Waals surface area contributed by atoms with Crippen molar-refractivity contribution in [1.29, 1.82) is 0 Å². The molecule has 1 rings (SSSR count). The highest BCUT2D eigenvalue weighted by Crippen LogP contribution is 2.12. The fraction of sp³-hybridized carbons (Fsp3) is 0.605. The maximum atomic E-state index is 13.7. The Balaban J connectivity index is 3.19. The number of thioether (sulfide) groups is 1. The number of nitrogens with one attached hydrogen (secondary N) is 8. The van der Waals surface area contributed by atoms with Crippen LogP contribution in [0.2, 0.25) is 0 Å². The van der Waals surface area contributed by atoms with Crippen molar-refractivity contribution in [3.63, 3.8) is 0 Å². The summed E-state index contributed by atoms with van der Waals surface area (Å²) in [5.41, 5.74) is 16.8. The monoisotopic (exact) mass is 963 g/mol. The molecule has 0 saturated carbocycles. The molecule has 0 aliphatic rings. The maximum absolute atomic E-state index is 13.7. The molecule has 0 bridgehead atoms. The Morgan fingerprint density at radius 1 is 0.627 bits per heavy atom. The Morgan fingerprint density at radius 2 is 1.16 bits per heavy atom. The summed E-state index contributed by atoms with van der Waals surface area (Å²) in [5, 5.41) is 30.4. The number of rotatable bonds is 31. The molecule has 0 aromatic heterocycles. The van der Waals surface area contributed by atoms with Gasteiger partial charge in [0.1, 0.15) is 42.3 Å². The minimum Gasteiger partial charge on any atom is -0.391 e. The minimum atomic E-state index is -1.69. The van der Waals surface area contributed by atoms with Crippen LogP contribution in [0.3, 0.4) is 0 Å². The first kappa shape index (κ1) is 58.7. The average Bonchev–Trinajstić information content (AvgIpc) is 3.24. The van der Waals surface area contributed by atoms with Crippen LogP contribution in [-0.2, 0) is 59.2 Å². The second-order valence-electron chi connectivity index (χ2n) is 16.6. The van der Waals surface area contributed by atoms with E-state index >= 15 is 0 Å². The molecule has 67 heavy (non-hydrogen) atoms. The molecule has 1 aromatic carbocycles. The van der Waals surface area contributed by atoms with Crippen LogP contribution in [0.1, 0.15) is 85.6 Å². The summed E-state index contributed by atoms with van der Waals surface area (Å²) in [6, 6.07) is -0.958. The smallest absolute Gasteiger partial charge is 0.245 e. The zero-order chi connectivity index (χ0) is 51.0. The summed E-state index contributed by atoms with van der Waals surface area (Å²) in [6.07, 6.45) is -0.419. The van der Waals surface area contributed by atoms with Crippen LogP contribution in [0.4, 0.5) is 0 Å². The van der Waals surface area contributed by atoms with Crippen LogP contribution in [-0.4, -0.2) is 137 Å². The Morgan fingerprint density at radius 3 is 1.67 bits per heavy atom. The quantitative estimate of drug-likeness (QED) is 0.0346. The number of primary amides is 3. The Kier molecular flexibility index (Phi) is 26.4. The van der Waals surface area contributed by atoms with Crippen molar-refractivity contribution < 1.29 is 57.8 Å². The Hall–Kier alpha value is -6.30. The standard InChI is InChI=1S/C43H69N11O12S/c1-8-23(4)35(53-38(61)27(48-25(6)56)14-15-32(44)57)42(65)47-21-34(59)49-28(16-17-67-7)39(62)54-36(24(5)55)43(66)52-30(18-22(2)3)40(63)51-31(20-33(45)58)41(64)50-29(37(46)60)19-26-12-10-9-11-13-26/h9-13,22-24,27-31,35-36,55H,8,14-21H2,1-7H3,(H2,44,57)(H2,45,58)(H2,46,60)(H,47,65)(H,48,56)(H,49,59)(H,50,64)(H,51,63)(H,52,66)(H,53,61)(H,54,62)/t23-,24+,27-,28-,29-,30-,31-,35-,36-/m0/s1. The number of benzene rings is 1. The SMILES string of the molecule is CC[C@H](C)[C@H](NC(=O)[C@H](CCC(N)=O)NC(C)=O)C(=O)NCC(=O)N[C@@H](CCSC)C(=O)N[C@H](C(=O)N[C@@H](CC(C)C)C(=O)N[C@@H](CC(N)=O)C(=O)N[C@@H](Cc1ccccc1)C(N)=O)[C@@H](C)O. The van der Waals surface area contributed by atoms with Gasteiger partial charge in [-0.2, -0.15) is 11.8 Å². The average molecular weight is 964 g/mol. The third-order valence-corrected chi connectivity index (χ3v) is 10.9. The first-order valence-electron chi connectivity index (χ1n) is 21.8. The molecule has 0 spiro atoms. The van der Waals surface area contributed by atoms with Crippen molar-refractivity contribution in [2.45, 2.75) is 135 Å². The highest BCUT2D eigenvalue weighted by molar-refractivity contribution is 7.98. The molecule has 0 saturated heterocycles. The largest absolute Gasteiger partial charge is 0.391 e. The number of aliphatic hydroxyl groups excluding tert-OH is 1. The van der Waals surface area contributed by atoms with Gasteiger partial charge in [0.25, 0.3) is 0 Å². The molecule has 15 N–H and O–H groups in total. The van der Waals surface area contributed by atoms with Gasteiger partial charge in [-0.25, -0.2) is 0 Å². The van der Waals surface area contributed by atoms with Crippen molar-refractivity contribution in [3.05, 3.63) is 35.9 Å². The van der Waals surface area contributed by atoms with Gasteiger partial charge in [0.15, 0.2) is 0 Å². The Labute approximate surface area is 394 Å². The number of hydrogen-bond donors (Lipinski definition) is 12. The molecule has 0 radical (unpaired) electrons. The fourth-order valence-electron chi connectivity index (χ4n) is 6.43. The topological polar surface area (TPSA) is 382 Å². The van der Waals surface area contributed by atoms with E-state index in [0.717, 1.165) is 0 Å². The number of carbonyl (C=O) groups is 11. The van der Waals surface area contributed by atoms with Gasteiger partial charge >= 0.3 is 0 Å². The maximum Gasteiger partial charge on any atom is 0.245 e. The zero-order valence-electron chi connectivity index (χ0n) is 39.1. The van der Waals surface area contributed by atoms with Gasteiger partial charge in [-0.3, -0.25) is 52.7 Å². The van der Waals surface area contributed by atoms with Gasteiger partial charge in [0.2, 0.25) is 65.0 Å². The van der Waals surface area contributed by atoms with Crippen LogP contribution >= 0.6 is 11.8 Å². The molecule has 0 aliphatic carbocycles. The summed E-state index contributed by atoms with van der Waals surface area (Å²) in [7, 11) is 0. The summed E-state index contributed by atoms with van der Waals surface area (Å²) >= 11 is 1.34. The highest BCUT2D eigenvalue weighted by Gasteiger charge is 2.35. The van der Waals surface area contributed by atoms with E-state index < -0.39 is 132 Å². The van der Waals surface area contributed by atoms with E-state index in [1.807, 2.05) is 0 Å². The molecule has 374 valence electrons. The Bertz CT molecular complexity index is 1890. The van der Waals surface area contributed by atoms with Crippen LogP contribution < -0.4 is 59.7 Å². The number of carbonyl (C=O) groups excluding carboxylic acids is 11. The van der Waals surface area contributed by atoms with Crippen molar-refractivity contribution in [1.82, 2.24) is 42.5 Å². The molecule has 24 heteroatoms. The van der Waals surface area contributed by atoms with E-state index in [0.29, 0.717) is 17.7 Å². The lowest BCUT2D eigenvalue weighted by Crippen LogP contribution is -2.61. The van der Waals surface area contributed by atoms with Crippen LogP contribution in [0.5, 0.6) is 0 Å². The molecule has 9 atom stereocenters. The lowest BCUT2D eigenvalue weighted by atomic mass is 9.97. The molecule has 1 aromatic rings. The minimum absolute atomic E-state index is 0.00174. The van der Waals surface area contributed by atoms with Gasteiger partial charge in [-0.15, -0.1) is 0 Å². The van der Waals surface area contributed by atoms with E-state index in [1.54, 1.807) is 64.3 Å². The first-order chi connectivity index (χ1) is 31.4. The van der Waals surface area contributed by atoms with Crippen LogP contribution in [0.15, 0.2) is 30.3 Å².